The van der Waals surface area contributed by atoms with Crippen LogP contribution < -0.4 is 5.32 Å². The summed E-state index contributed by atoms with van der Waals surface area (Å²) >= 11 is 0. The number of rotatable bonds is 3. The van der Waals surface area contributed by atoms with Crippen LogP contribution in [0, 0.1) is 0 Å². The topological polar surface area (TPSA) is 84.9 Å². The molecule has 0 rings (SSSR count). The molecule has 0 unspecified atom stereocenters. The Bertz CT molecular complexity index is 261. The number of amides is 1. The van der Waals surface area contributed by atoms with E-state index in [-0.39, 0.29) is 0 Å². The monoisotopic (exact) mass is 237 g/mol. The summed E-state index contributed by atoms with van der Waals surface area (Å²) in [4.78, 5) is 25.0. The Morgan fingerprint density at radius 2 is 1.88 bits per heavy atom. The number of aliphatic hydroxyl groups is 1. The number of carbonyl (C=O) groups is 2. The van der Waals surface area contributed by atoms with Gasteiger partial charge in [-0.25, -0.2) is 9.59 Å². The molecule has 0 fully saturated rings. The molecule has 0 saturated carbocycles. The van der Waals surface area contributed by atoms with Crippen molar-refractivity contribution < 1.29 is 28.9 Å². The van der Waals surface area contributed by atoms with Crippen LogP contribution in [-0.4, -0.2) is 34.9 Å². The van der Waals surface area contributed by atoms with Crippen LogP contribution in [0.4, 0.5) is 9.32 Å². The van der Waals surface area contributed by atoms with Gasteiger partial charge in [-0.05, 0) is 27.7 Å². The first-order chi connectivity index (χ1) is 7.17. The van der Waals surface area contributed by atoms with E-state index in [0.29, 0.717) is 0 Å². The molecule has 0 aromatic carbocycles. The third-order valence-corrected chi connectivity index (χ3v) is 1.48. The van der Waals surface area contributed by atoms with Gasteiger partial charge >= 0.3 is 12.1 Å². The summed E-state index contributed by atoms with van der Waals surface area (Å²) in [5, 5.41) is 11.1. The Morgan fingerprint density at radius 1 is 1.38 bits per heavy atom. The molecule has 2 atom stereocenters. The number of alkyl carbamates (subject to hydrolysis) is 1. The van der Waals surface area contributed by atoms with Gasteiger partial charge in [0.2, 0.25) is 0 Å². The highest BCUT2D eigenvalue weighted by atomic mass is 19.3. The molecule has 0 saturated heterocycles. The lowest BCUT2D eigenvalue weighted by Crippen LogP contribution is -2.49. The van der Waals surface area contributed by atoms with Crippen LogP contribution in [0.3, 0.4) is 0 Å². The molecule has 7 heteroatoms. The van der Waals surface area contributed by atoms with Crippen molar-refractivity contribution in [2.75, 3.05) is 0 Å². The van der Waals surface area contributed by atoms with E-state index in [4.69, 9.17) is 9.84 Å². The normalized spacial score (nSPS) is 14.9. The molecular weight excluding hydrogens is 221 g/mol. The van der Waals surface area contributed by atoms with Crippen LogP contribution in [0.5, 0.6) is 0 Å². The molecule has 0 aliphatic carbocycles. The zero-order valence-corrected chi connectivity index (χ0v) is 9.61. The Labute approximate surface area is 92.6 Å². The van der Waals surface area contributed by atoms with Crippen molar-refractivity contribution in [2.24, 2.45) is 0 Å². The number of nitrogens with one attached hydrogen (secondary N) is 1. The van der Waals surface area contributed by atoms with E-state index in [1.165, 1.54) is 6.92 Å². The van der Waals surface area contributed by atoms with Gasteiger partial charge in [-0.3, -0.25) is 4.94 Å². The van der Waals surface area contributed by atoms with Gasteiger partial charge in [-0.1, -0.05) is 0 Å². The van der Waals surface area contributed by atoms with Gasteiger partial charge in [0.25, 0.3) is 0 Å². The number of carbonyl (C=O) groups excluding carboxylic acids is 2. The molecular formula is C9H16FNO5. The second kappa shape index (κ2) is 5.64. The predicted octanol–water partition coefficient (Wildman–Crippen LogP) is 0.688. The number of ether oxygens (including phenoxy) is 1. The first-order valence-electron chi connectivity index (χ1n) is 4.67. The molecule has 94 valence electrons. The summed E-state index contributed by atoms with van der Waals surface area (Å²) in [5.74, 6) is -1.39. The molecule has 0 aliphatic rings. The summed E-state index contributed by atoms with van der Waals surface area (Å²) in [7, 11) is 0. The minimum Gasteiger partial charge on any atom is -0.444 e. The van der Waals surface area contributed by atoms with Crippen molar-refractivity contribution in [2.45, 2.75) is 45.4 Å². The van der Waals surface area contributed by atoms with Gasteiger partial charge in [0.05, 0.1) is 6.10 Å². The average molecular weight is 237 g/mol. The minimum absolute atomic E-state index is 0.757. The second-order valence-electron chi connectivity index (χ2n) is 4.26. The molecule has 0 bridgehead atoms. The Morgan fingerprint density at radius 3 is 2.19 bits per heavy atom. The third-order valence-electron chi connectivity index (χ3n) is 1.48. The highest BCUT2D eigenvalue weighted by Gasteiger charge is 2.30. The highest BCUT2D eigenvalue weighted by molar-refractivity contribution is 5.81. The van der Waals surface area contributed by atoms with Crippen molar-refractivity contribution in [3.8, 4) is 0 Å². The van der Waals surface area contributed by atoms with Crippen molar-refractivity contribution in [1.29, 1.82) is 0 Å². The lowest BCUT2D eigenvalue weighted by molar-refractivity contribution is -0.188. The third kappa shape index (κ3) is 5.50. The molecule has 0 aromatic heterocycles. The van der Waals surface area contributed by atoms with Crippen LogP contribution in [0.2, 0.25) is 0 Å². The maximum atomic E-state index is 11.6. The van der Waals surface area contributed by atoms with E-state index in [1.807, 2.05) is 5.32 Å². The molecule has 1 amide bonds. The van der Waals surface area contributed by atoms with Crippen molar-refractivity contribution in [1.82, 2.24) is 5.32 Å². The van der Waals surface area contributed by atoms with Crippen molar-refractivity contribution in [3.05, 3.63) is 0 Å². The van der Waals surface area contributed by atoms with Crippen LogP contribution >= 0.6 is 0 Å². The molecule has 0 aromatic rings. The fraction of sp³-hybridized carbons (Fsp3) is 0.778. The number of aliphatic hydroxyl groups excluding tert-OH is 1. The minimum atomic E-state index is -1.50. The Hall–Kier alpha value is -1.37. The number of hydrogen-bond acceptors (Lipinski definition) is 5. The summed E-state index contributed by atoms with van der Waals surface area (Å²) in [6.07, 6.45) is -2.24. The van der Waals surface area contributed by atoms with Crippen LogP contribution in [0.25, 0.3) is 0 Å². The van der Waals surface area contributed by atoms with Crippen molar-refractivity contribution >= 4 is 12.1 Å². The maximum absolute atomic E-state index is 11.6. The average Bonchev–Trinajstić information content (AvgIpc) is 2.09. The number of hydrogen-bond donors (Lipinski definition) is 2. The fourth-order valence-corrected chi connectivity index (χ4v) is 0.859. The predicted molar refractivity (Wildman–Crippen MR) is 52.0 cm³/mol. The van der Waals surface area contributed by atoms with Gasteiger partial charge < -0.3 is 15.2 Å². The summed E-state index contributed by atoms with van der Waals surface area (Å²) < 4.78 is 16.5. The van der Waals surface area contributed by atoms with Gasteiger partial charge in [-0.15, -0.1) is 0 Å². The molecule has 0 spiro atoms. The molecule has 16 heavy (non-hydrogen) atoms. The van der Waals surface area contributed by atoms with E-state index in [1.54, 1.807) is 20.8 Å². The van der Waals surface area contributed by atoms with E-state index < -0.39 is 29.8 Å². The first-order valence-corrected chi connectivity index (χ1v) is 4.67. The standard InChI is InChI=1S/C9H16FNO5/c1-5(12)6(7(13)16-10)11-8(14)15-9(2,3)4/h5-6,12H,1-4H3,(H,11,14)/t5-,6-/m0/s1. The lowest BCUT2D eigenvalue weighted by Gasteiger charge is -2.22. The van der Waals surface area contributed by atoms with Gasteiger partial charge in [0.15, 0.2) is 6.04 Å². The van der Waals surface area contributed by atoms with Crippen LogP contribution in [0.15, 0.2) is 0 Å². The lowest BCUT2D eigenvalue weighted by atomic mass is 10.2. The van der Waals surface area contributed by atoms with Gasteiger partial charge in [-0.2, -0.15) is 0 Å². The number of halogens is 1. The van der Waals surface area contributed by atoms with E-state index in [0.717, 1.165) is 0 Å². The summed E-state index contributed by atoms with van der Waals surface area (Å²) in [5.41, 5.74) is -0.757. The summed E-state index contributed by atoms with van der Waals surface area (Å²) in [6.45, 7) is 6.07. The van der Waals surface area contributed by atoms with Gasteiger partial charge in [0.1, 0.15) is 5.60 Å². The Balaban J connectivity index is 4.42. The van der Waals surface area contributed by atoms with Crippen molar-refractivity contribution in [3.63, 3.8) is 0 Å². The van der Waals surface area contributed by atoms with Crippen LogP contribution in [-0.2, 0) is 14.5 Å². The zero-order chi connectivity index (χ0) is 12.9. The second-order valence-corrected chi connectivity index (χ2v) is 4.26. The molecule has 6 nitrogen and oxygen atoms in total. The molecule has 0 aliphatic heterocycles. The first kappa shape index (κ1) is 14.6. The Kier molecular flexibility index (Phi) is 5.16. The molecule has 2 N–H and O–H groups in total. The molecule has 0 heterocycles. The highest BCUT2D eigenvalue weighted by Crippen LogP contribution is 2.07. The smallest absolute Gasteiger partial charge is 0.408 e. The zero-order valence-electron chi connectivity index (χ0n) is 9.61. The van der Waals surface area contributed by atoms with Gasteiger partial charge in [0, 0.05) is 4.53 Å². The maximum Gasteiger partial charge on any atom is 0.408 e. The van der Waals surface area contributed by atoms with E-state index in [2.05, 4.69) is 4.94 Å². The SMILES string of the molecule is C[C@H](O)[C@H](NC(=O)OC(C)(C)C)C(=O)OF. The van der Waals surface area contributed by atoms with Crippen LogP contribution in [0.1, 0.15) is 27.7 Å². The largest absolute Gasteiger partial charge is 0.444 e. The van der Waals surface area contributed by atoms with E-state index in [9.17, 15) is 14.1 Å². The van der Waals surface area contributed by atoms with E-state index >= 15 is 0 Å². The quantitative estimate of drug-likeness (QED) is 0.754. The molecule has 0 radical (unpaired) electrons. The fourth-order valence-electron chi connectivity index (χ4n) is 0.859. The summed E-state index contributed by atoms with van der Waals surface area (Å²) in [6, 6.07) is -1.50.